The molecule has 4 nitrogen and oxygen atoms in total. The Morgan fingerprint density at radius 2 is 1.78 bits per heavy atom. The van der Waals surface area contributed by atoms with Crippen LogP contribution in [0.4, 0.5) is 5.69 Å². The minimum absolute atomic E-state index is 0.0473. The van der Waals surface area contributed by atoms with Crippen LogP contribution in [0.3, 0.4) is 0 Å². The fourth-order valence-electron chi connectivity index (χ4n) is 2.28. The molecule has 1 N–H and O–H groups in total. The Morgan fingerprint density at radius 1 is 1.09 bits per heavy atom. The zero-order valence-electron chi connectivity index (χ0n) is 13.4. The molecular formula is C18H21NO3S. The third kappa shape index (κ3) is 5.21. The molecular weight excluding hydrogens is 310 g/mol. The van der Waals surface area contributed by atoms with Gasteiger partial charge in [0.2, 0.25) is 10.0 Å². The normalized spacial score (nSPS) is 11.2. The third-order valence-corrected chi connectivity index (χ3v) is 4.99. The van der Waals surface area contributed by atoms with Gasteiger partial charge in [-0.15, -0.1) is 0 Å². The number of nitrogens with one attached hydrogen (secondary N) is 1. The van der Waals surface area contributed by atoms with Crippen molar-refractivity contribution >= 4 is 21.5 Å². The average Bonchev–Trinajstić information content (AvgIpc) is 2.50. The lowest BCUT2D eigenvalue weighted by Crippen LogP contribution is -2.18. The Labute approximate surface area is 137 Å². The summed E-state index contributed by atoms with van der Waals surface area (Å²) in [6.45, 7) is 3.27. The minimum Gasteiger partial charge on any atom is -0.295 e. The number of carbonyl (C=O) groups excluding carboxylic acids is 1. The van der Waals surface area contributed by atoms with Crippen LogP contribution in [0.25, 0.3) is 0 Å². The lowest BCUT2D eigenvalue weighted by atomic mass is 10.1. The van der Waals surface area contributed by atoms with Crippen LogP contribution in [0, 0.1) is 6.92 Å². The maximum Gasteiger partial charge on any atom is 0.232 e. The van der Waals surface area contributed by atoms with Crippen LogP contribution in [0.1, 0.15) is 34.8 Å². The second-order valence-corrected chi connectivity index (χ2v) is 7.44. The van der Waals surface area contributed by atoms with Crippen molar-refractivity contribution in [2.24, 2.45) is 0 Å². The smallest absolute Gasteiger partial charge is 0.232 e. The van der Waals surface area contributed by atoms with Crippen molar-refractivity contribution in [3.8, 4) is 0 Å². The molecule has 0 unspecified atom stereocenters. The molecule has 2 aromatic rings. The Bertz CT molecular complexity index is 783. The second kappa shape index (κ2) is 7.42. The summed E-state index contributed by atoms with van der Waals surface area (Å²) in [4.78, 5) is 11.4. The molecule has 0 aliphatic rings. The van der Waals surface area contributed by atoms with Gasteiger partial charge in [-0.2, -0.15) is 0 Å². The van der Waals surface area contributed by atoms with Crippen molar-refractivity contribution in [1.82, 2.24) is 0 Å². The van der Waals surface area contributed by atoms with E-state index in [0.29, 0.717) is 24.1 Å². The molecule has 0 bridgehead atoms. The maximum atomic E-state index is 12.2. The fourth-order valence-corrected chi connectivity index (χ4v) is 3.46. The van der Waals surface area contributed by atoms with Gasteiger partial charge in [-0.25, -0.2) is 8.42 Å². The quantitative estimate of drug-likeness (QED) is 0.789. The van der Waals surface area contributed by atoms with Crippen LogP contribution in [-0.4, -0.2) is 20.0 Å². The number of anilines is 1. The molecule has 0 atom stereocenters. The third-order valence-electron chi connectivity index (χ3n) is 3.63. The van der Waals surface area contributed by atoms with Gasteiger partial charge in [0, 0.05) is 5.56 Å². The zero-order valence-corrected chi connectivity index (χ0v) is 14.2. The van der Waals surface area contributed by atoms with E-state index in [1.807, 2.05) is 37.3 Å². The molecule has 2 aromatic carbocycles. The number of hydrogen-bond donors (Lipinski definition) is 1. The van der Waals surface area contributed by atoms with E-state index >= 15 is 0 Å². The number of rotatable bonds is 7. The van der Waals surface area contributed by atoms with Crippen LogP contribution in [0.2, 0.25) is 0 Å². The molecule has 0 aliphatic heterocycles. The Hall–Kier alpha value is -2.14. The lowest BCUT2D eigenvalue weighted by molar-refractivity contribution is 0.101. The molecule has 122 valence electrons. The highest BCUT2D eigenvalue weighted by molar-refractivity contribution is 7.92. The van der Waals surface area contributed by atoms with Gasteiger partial charge in [0.05, 0.1) is 11.4 Å². The van der Waals surface area contributed by atoms with Crippen LogP contribution in [0.5, 0.6) is 0 Å². The number of carbonyl (C=O) groups is 1. The maximum absolute atomic E-state index is 12.2. The largest absolute Gasteiger partial charge is 0.295 e. The minimum atomic E-state index is -3.43. The number of aryl methyl sites for hydroxylation is 2. The topological polar surface area (TPSA) is 63.2 Å². The standard InChI is InChI=1S/C18H21NO3S/c1-14-10-11-17(15(2)20)13-18(14)19-23(21,22)12-6-9-16-7-4-3-5-8-16/h3-5,7-8,10-11,13,19H,6,9,12H2,1-2H3. The van der Waals surface area contributed by atoms with Crippen LogP contribution in [-0.2, 0) is 16.4 Å². The van der Waals surface area contributed by atoms with E-state index < -0.39 is 10.0 Å². The van der Waals surface area contributed by atoms with Crippen LogP contribution >= 0.6 is 0 Å². The van der Waals surface area contributed by atoms with Crippen molar-refractivity contribution in [3.63, 3.8) is 0 Å². The SMILES string of the molecule is CC(=O)c1ccc(C)c(NS(=O)(=O)CCCc2ccccc2)c1. The molecule has 2 rings (SSSR count). The molecule has 0 fully saturated rings. The van der Waals surface area contributed by atoms with Gasteiger partial charge in [0.15, 0.2) is 5.78 Å². The number of benzene rings is 2. The zero-order chi connectivity index (χ0) is 16.9. The summed E-state index contributed by atoms with van der Waals surface area (Å²) in [5.41, 5.74) is 2.88. The Morgan fingerprint density at radius 3 is 2.43 bits per heavy atom. The van der Waals surface area contributed by atoms with Crippen molar-refractivity contribution in [2.75, 3.05) is 10.5 Å². The van der Waals surface area contributed by atoms with Gasteiger partial charge >= 0.3 is 0 Å². The highest BCUT2D eigenvalue weighted by atomic mass is 32.2. The van der Waals surface area contributed by atoms with Gasteiger partial charge < -0.3 is 0 Å². The van der Waals surface area contributed by atoms with Gasteiger partial charge in [-0.1, -0.05) is 42.5 Å². The van der Waals surface area contributed by atoms with E-state index in [9.17, 15) is 13.2 Å². The van der Waals surface area contributed by atoms with Crippen LogP contribution < -0.4 is 4.72 Å². The molecule has 0 heterocycles. The van der Waals surface area contributed by atoms with E-state index in [2.05, 4.69) is 4.72 Å². The highest BCUT2D eigenvalue weighted by Gasteiger charge is 2.13. The number of hydrogen-bond acceptors (Lipinski definition) is 3. The number of Topliss-reactive ketones (excluding diaryl/α,β-unsaturated/α-hetero) is 1. The number of ketones is 1. The number of sulfonamides is 1. The first kappa shape index (κ1) is 17.2. The summed E-state index contributed by atoms with van der Waals surface area (Å²) in [5, 5.41) is 0. The van der Waals surface area contributed by atoms with Crippen molar-refractivity contribution < 1.29 is 13.2 Å². The summed E-state index contributed by atoms with van der Waals surface area (Å²) >= 11 is 0. The predicted molar refractivity (Wildman–Crippen MR) is 93.4 cm³/mol. The average molecular weight is 331 g/mol. The van der Waals surface area contributed by atoms with Gasteiger partial charge in [0.25, 0.3) is 0 Å². The monoisotopic (exact) mass is 331 g/mol. The summed E-state index contributed by atoms with van der Waals surface area (Å²) in [5.74, 6) is -0.0411. The molecule has 0 saturated carbocycles. The Balaban J connectivity index is 2.01. The first-order valence-electron chi connectivity index (χ1n) is 7.53. The molecule has 0 amide bonds. The van der Waals surface area contributed by atoms with Gasteiger partial charge in [-0.05, 0) is 43.9 Å². The molecule has 0 saturated heterocycles. The van der Waals surface area contributed by atoms with Crippen molar-refractivity contribution in [2.45, 2.75) is 26.7 Å². The molecule has 23 heavy (non-hydrogen) atoms. The van der Waals surface area contributed by atoms with E-state index in [1.54, 1.807) is 18.2 Å². The predicted octanol–water partition coefficient (Wildman–Crippen LogP) is 3.57. The van der Waals surface area contributed by atoms with Gasteiger partial charge in [-0.3, -0.25) is 9.52 Å². The van der Waals surface area contributed by atoms with E-state index in [0.717, 1.165) is 11.1 Å². The van der Waals surface area contributed by atoms with E-state index in [4.69, 9.17) is 0 Å². The summed E-state index contributed by atoms with van der Waals surface area (Å²) < 4.78 is 27.0. The highest BCUT2D eigenvalue weighted by Crippen LogP contribution is 2.19. The summed E-state index contributed by atoms with van der Waals surface area (Å²) in [6, 6.07) is 14.8. The molecule has 0 spiro atoms. The molecule has 0 radical (unpaired) electrons. The Kier molecular flexibility index (Phi) is 5.55. The summed E-state index contributed by atoms with van der Waals surface area (Å²) in [7, 11) is -3.43. The molecule has 5 heteroatoms. The van der Waals surface area contributed by atoms with E-state index in [-0.39, 0.29) is 11.5 Å². The lowest BCUT2D eigenvalue weighted by Gasteiger charge is -2.11. The van der Waals surface area contributed by atoms with Gasteiger partial charge in [0.1, 0.15) is 0 Å². The second-order valence-electron chi connectivity index (χ2n) is 5.60. The van der Waals surface area contributed by atoms with Crippen molar-refractivity contribution in [1.29, 1.82) is 0 Å². The summed E-state index contributed by atoms with van der Waals surface area (Å²) in [6.07, 6.45) is 1.26. The molecule has 0 aromatic heterocycles. The first-order chi connectivity index (χ1) is 10.9. The van der Waals surface area contributed by atoms with Crippen molar-refractivity contribution in [3.05, 3.63) is 65.2 Å². The van der Waals surface area contributed by atoms with Crippen LogP contribution in [0.15, 0.2) is 48.5 Å². The fraction of sp³-hybridized carbons (Fsp3) is 0.278. The van der Waals surface area contributed by atoms with E-state index in [1.165, 1.54) is 6.92 Å². The molecule has 0 aliphatic carbocycles. The first-order valence-corrected chi connectivity index (χ1v) is 9.18.